The third-order valence-corrected chi connectivity index (χ3v) is 7.84. The minimum Gasteiger partial charge on any atom is -0.490 e. The SMILES string of the molecule is C[C@H]1C[C@@H](Oc2ccnc(COc3ncc(F)cc3F)c2)CCN1Cc1nc2c(F)cc(C(=O)O)cc2n1C[C@@H]1CCO1. The average Bonchev–Trinajstić information content (AvgIpc) is 3.29. The number of halogens is 3. The van der Waals surface area contributed by atoms with E-state index < -0.39 is 23.4 Å². The number of benzene rings is 1. The van der Waals surface area contributed by atoms with Crippen LogP contribution < -0.4 is 9.47 Å². The number of rotatable bonds is 10. The highest BCUT2D eigenvalue weighted by molar-refractivity contribution is 5.92. The Labute approximate surface area is 245 Å². The van der Waals surface area contributed by atoms with Gasteiger partial charge in [-0.3, -0.25) is 9.88 Å². The van der Waals surface area contributed by atoms with E-state index in [1.807, 2.05) is 4.57 Å². The van der Waals surface area contributed by atoms with Gasteiger partial charge in [-0.25, -0.2) is 27.9 Å². The molecule has 1 aromatic carbocycles. The summed E-state index contributed by atoms with van der Waals surface area (Å²) in [5.74, 6) is -2.60. The Morgan fingerprint density at radius 2 is 1.98 bits per heavy atom. The van der Waals surface area contributed by atoms with Crippen molar-refractivity contribution in [3.63, 3.8) is 0 Å². The summed E-state index contributed by atoms with van der Waals surface area (Å²) in [6, 6.07) is 6.75. The maximum absolute atomic E-state index is 14.9. The molecule has 6 rings (SSSR count). The van der Waals surface area contributed by atoms with Crippen LogP contribution in [0.2, 0.25) is 0 Å². The van der Waals surface area contributed by atoms with Crippen LogP contribution in [0.15, 0.2) is 42.7 Å². The minimum absolute atomic E-state index is 0.0223. The van der Waals surface area contributed by atoms with Crippen molar-refractivity contribution in [1.29, 1.82) is 0 Å². The van der Waals surface area contributed by atoms with E-state index in [4.69, 9.17) is 14.2 Å². The quantitative estimate of drug-likeness (QED) is 0.277. The summed E-state index contributed by atoms with van der Waals surface area (Å²) in [6.07, 6.45) is 4.69. The van der Waals surface area contributed by atoms with Crippen molar-refractivity contribution in [1.82, 2.24) is 24.4 Å². The van der Waals surface area contributed by atoms with E-state index in [0.717, 1.165) is 31.5 Å². The van der Waals surface area contributed by atoms with Crippen LogP contribution in [-0.2, 0) is 24.4 Å². The fourth-order valence-electron chi connectivity index (χ4n) is 5.46. The van der Waals surface area contributed by atoms with Crippen molar-refractivity contribution in [3.05, 3.63) is 77.3 Å². The van der Waals surface area contributed by atoms with Crippen molar-refractivity contribution >= 4 is 17.0 Å². The normalized spacial score (nSPS) is 20.6. The average molecular weight is 598 g/mol. The molecule has 0 spiro atoms. The van der Waals surface area contributed by atoms with Crippen molar-refractivity contribution in [2.75, 3.05) is 13.2 Å². The Bertz CT molecular complexity index is 1650. The fraction of sp³-hybridized carbons (Fsp3) is 0.400. The minimum atomic E-state index is -1.20. The number of hydrogen-bond donors (Lipinski definition) is 1. The number of carboxylic acid groups (broad SMARTS) is 1. The van der Waals surface area contributed by atoms with Gasteiger partial charge in [0.2, 0.25) is 0 Å². The van der Waals surface area contributed by atoms with Gasteiger partial charge in [-0.15, -0.1) is 0 Å². The van der Waals surface area contributed by atoms with Crippen LogP contribution in [0.5, 0.6) is 11.6 Å². The zero-order valence-electron chi connectivity index (χ0n) is 23.4. The van der Waals surface area contributed by atoms with Gasteiger partial charge in [0.15, 0.2) is 11.6 Å². The standard InChI is InChI=1S/C30H30F3N5O5/c1-17-8-22(43-21-2-5-34-20(12-21)16-42-29-25(33)11-19(31)13-35-29)3-6-37(17)15-27-36-28-24(32)9-18(30(39)40)10-26(28)38(27)14-23-4-7-41-23/h2,5,9-13,17,22-23H,3-4,6-8,14-16H2,1H3,(H,39,40)/t17-,22-,23-/m0/s1. The van der Waals surface area contributed by atoms with Crippen LogP contribution in [0.4, 0.5) is 13.2 Å². The number of imidazole rings is 1. The van der Waals surface area contributed by atoms with E-state index in [1.165, 1.54) is 6.07 Å². The van der Waals surface area contributed by atoms with Gasteiger partial charge in [0.05, 0.1) is 42.2 Å². The van der Waals surface area contributed by atoms with Crippen LogP contribution in [-0.4, -0.2) is 66.9 Å². The fourth-order valence-corrected chi connectivity index (χ4v) is 5.46. The summed E-state index contributed by atoms with van der Waals surface area (Å²) >= 11 is 0. The first kappa shape index (κ1) is 28.9. The predicted molar refractivity (Wildman–Crippen MR) is 147 cm³/mol. The van der Waals surface area contributed by atoms with Gasteiger partial charge >= 0.3 is 5.97 Å². The lowest BCUT2D eigenvalue weighted by molar-refractivity contribution is -0.0593. The van der Waals surface area contributed by atoms with Gasteiger partial charge in [-0.1, -0.05) is 0 Å². The summed E-state index contributed by atoms with van der Waals surface area (Å²) in [4.78, 5) is 26.3. The second-order valence-electron chi connectivity index (χ2n) is 10.8. The molecule has 0 unspecified atom stereocenters. The van der Waals surface area contributed by atoms with Crippen LogP contribution in [0.1, 0.15) is 48.1 Å². The Hall–Kier alpha value is -4.23. The molecule has 0 saturated carbocycles. The molecule has 2 fully saturated rings. The molecule has 1 N–H and O–H groups in total. The molecule has 3 aromatic heterocycles. The topological polar surface area (TPSA) is 112 Å². The Balaban J connectivity index is 1.11. The molecule has 2 saturated heterocycles. The van der Waals surface area contributed by atoms with Crippen LogP contribution >= 0.6 is 0 Å². The maximum atomic E-state index is 14.9. The maximum Gasteiger partial charge on any atom is 0.335 e. The van der Waals surface area contributed by atoms with Crippen molar-refractivity contribution in [2.45, 2.75) is 64.1 Å². The molecule has 4 aromatic rings. The lowest BCUT2D eigenvalue weighted by Crippen LogP contribution is -2.44. The van der Waals surface area contributed by atoms with E-state index in [-0.39, 0.29) is 41.8 Å². The molecule has 43 heavy (non-hydrogen) atoms. The van der Waals surface area contributed by atoms with Gasteiger partial charge < -0.3 is 23.9 Å². The van der Waals surface area contributed by atoms with E-state index in [9.17, 15) is 23.1 Å². The summed E-state index contributed by atoms with van der Waals surface area (Å²) in [5.41, 5.74) is 0.981. The van der Waals surface area contributed by atoms with Crippen molar-refractivity contribution in [2.24, 2.45) is 0 Å². The number of pyridine rings is 2. The first-order chi connectivity index (χ1) is 20.7. The number of nitrogens with zero attached hydrogens (tertiary/aromatic N) is 5. The number of carboxylic acids is 1. The van der Waals surface area contributed by atoms with Crippen LogP contribution in [0.25, 0.3) is 11.0 Å². The monoisotopic (exact) mass is 597 g/mol. The van der Waals surface area contributed by atoms with Gasteiger partial charge in [0.1, 0.15) is 35.6 Å². The molecule has 0 bridgehead atoms. The zero-order valence-corrected chi connectivity index (χ0v) is 23.4. The smallest absolute Gasteiger partial charge is 0.335 e. The summed E-state index contributed by atoms with van der Waals surface area (Å²) < 4.78 is 60.9. The highest BCUT2D eigenvalue weighted by Crippen LogP contribution is 2.28. The largest absolute Gasteiger partial charge is 0.490 e. The van der Waals surface area contributed by atoms with Crippen molar-refractivity contribution < 1.29 is 37.3 Å². The van der Waals surface area contributed by atoms with Crippen LogP contribution in [0.3, 0.4) is 0 Å². The molecule has 13 heteroatoms. The summed E-state index contributed by atoms with van der Waals surface area (Å²) in [5, 5.41) is 9.46. The molecular formula is C30H30F3N5O5. The first-order valence-corrected chi connectivity index (χ1v) is 14.1. The number of carbonyl (C=O) groups is 1. The molecule has 2 aliphatic heterocycles. The Morgan fingerprint density at radius 3 is 2.70 bits per heavy atom. The molecule has 0 aliphatic carbocycles. The van der Waals surface area contributed by atoms with Crippen molar-refractivity contribution in [3.8, 4) is 11.6 Å². The van der Waals surface area contributed by atoms with Gasteiger partial charge in [0.25, 0.3) is 5.88 Å². The number of piperidine rings is 1. The number of aromatic carboxylic acids is 1. The van der Waals surface area contributed by atoms with Gasteiger partial charge in [-0.2, -0.15) is 0 Å². The first-order valence-electron chi connectivity index (χ1n) is 14.1. The van der Waals surface area contributed by atoms with Crippen LogP contribution in [0, 0.1) is 17.5 Å². The van der Waals surface area contributed by atoms with E-state index in [1.54, 1.807) is 18.3 Å². The number of ether oxygens (including phenoxy) is 3. The number of hydrogen-bond acceptors (Lipinski definition) is 8. The third kappa shape index (κ3) is 6.42. The molecule has 226 valence electrons. The third-order valence-electron chi connectivity index (χ3n) is 7.84. The Morgan fingerprint density at radius 1 is 1.14 bits per heavy atom. The van der Waals surface area contributed by atoms with Gasteiger partial charge in [-0.05, 0) is 44.4 Å². The summed E-state index contributed by atoms with van der Waals surface area (Å²) in [7, 11) is 0. The summed E-state index contributed by atoms with van der Waals surface area (Å²) in [6.45, 7) is 4.33. The van der Waals surface area contributed by atoms with E-state index >= 15 is 0 Å². The zero-order chi connectivity index (χ0) is 30.1. The Kier molecular flexibility index (Phi) is 8.17. The highest BCUT2D eigenvalue weighted by Gasteiger charge is 2.30. The number of fused-ring (bicyclic) bond motifs is 1. The molecule has 0 amide bonds. The second-order valence-corrected chi connectivity index (χ2v) is 10.8. The van der Waals surface area contributed by atoms with E-state index in [0.29, 0.717) is 55.1 Å². The van der Waals surface area contributed by atoms with Gasteiger partial charge in [0, 0.05) is 37.5 Å². The highest BCUT2D eigenvalue weighted by atomic mass is 19.1. The lowest BCUT2D eigenvalue weighted by atomic mass is 10.0. The molecule has 2 aliphatic rings. The molecular weight excluding hydrogens is 567 g/mol. The molecule has 10 nitrogen and oxygen atoms in total. The van der Waals surface area contributed by atoms with E-state index in [2.05, 4.69) is 26.8 Å². The molecule has 5 heterocycles. The molecule has 3 atom stereocenters. The molecule has 0 radical (unpaired) electrons. The predicted octanol–water partition coefficient (Wildman–Crippen LogP) is 4.74. The second kappa shape index (κ2) is 12.2. The lowest BCUT2D eigenvalue weighted by Gasteiger charge is -2.37. The number of likely N-dealkylation sites (tertiary alicyclic amines) is 1. The number of aromatic nitrogens is 4.